The van der Waals surface area contributed by atoms with E-state index in [1.54, 1.807) is 30.2 Å². The molecule has 2 heterocycles. The molecule has 0 bridgehead atoms. The Balaban J connectivity index is 1.35. The van der Waals surface area contributed by atoms with Crippen molar-refractivity contribution in [2.75, 3.05) is 26.8 Å². The van der Waals surface area contributed by atoms with Gasteiger partial charge in [-0.2, -0.15) is 0 Å². The van der Waals surface area contributed by atoms with E-state index in [1.165, 1.54) is 5.56 Å². The van der Waals surface area contributed by atoms with Crippen molar-refractivity contribution < 1.29 is 23.8 Å². The summed E-state index contributed by atoms with van der Waals surface area (Å²) in [5, 5.41) is 0. The molecule has 2 aliphatic rings. The first kappa shape index (κ1) is 20.3. The Morgan fingerprint density at radius 2 is 1.80 bits per heavy atom. The number of ketones is 1. The molecule has 6 nitrogen and oxygen atoms in total. The van der Waals surface area contributed by atoms with Crippen molar-refractivity contribution in [1.82, 2.24) is 4.90 Å². The monoisotopic (exact) mass is 409 g/mol. The van der Waals surface area contributed by atoms with Crippen molar-refractivity contribution >= 4 is 11.7 Å². The molecule has 0 unspecified atom stereocenters. The summed E-state index contributed by atoms with van der Waals surface area (Å²) in [7, 11) is 1.58. The second kappa shape index (κ2) is 8.01. The van der Waals surface area contributed by atoms with Crippen LogP contribution in [0.15, 0.2) is 36.4 Å². The van der Waals surface area contributed by atoms with Gasteiger partial charge in [-0.3, -0.25) is 9.59 Å². The first-order valence-electron chi connectivity index (χ1n) is 10.3. The molecule has 2 aliphatic heterocycles. The topological polar surface area (TPSA) is 65.1 Å². The third-order valence-corrected chi connectivity index (χ3v) is 6.16. The molecule has 1 fully saturated rings. The highest BCUT2D eigenvalue weighted by Crippen LogP contribution is 2.40. The Morgan fingerprint density at radius 3 is 2.50 bits per heavy atom. The van der Waals surface area contributed by atoms with Crippen molar-refractivity contribution in [2.24, 2.45) is 0 Å². The maximum Gasteiger partial charge on any atom is 0.260 e. The largest absolute Gasteiger partial charge is 0.497 e. The normalized spacial score (nSPS) is 17.3. The van der Waals surface area contributed by atoms with Gasteiger partial charge in [-0.25, -0.2) is 0 Å². The second-order valence-corrected chi connectivity index (χ2v) is 8.16. The van der Waals surface area contributed by atoms with E-state index in [-0.39, 0.29) is 18.3 Å². The number of methoxy groups -OCH3 is 1. The summed E-state index contributed by atoms with van der Waals surface area (Å²) >= 11 is 0. The van der Waals surface area contributed by atoms with Crippen LogP contribution in [-0.4, -0.2) is 49.0 Å². The lowest BCUT2D eigenvalue weighted by atomic mass is 9.82. The number of carbonyl (C=O) groups excluding carboxylic acids is 2. The summed E-state index contributed by atoms with van der Waals surface area (Å²) in [5.74, 6) is 1.97. The van der Waals surface area contributed by atoms with E-state index in [2.05, 4.69) is 0 Å². The zero-order valence-corrected chi connectivity index (χ0v) is 17.7. The van der Waals surface area contributed by atoms with Crippen molar-refractivity contribution in [2.45, 2.75) is 38.7 Å². The Labute approximate surface area is 176 Å². The number of benzene rings is 2. The standard InChI is InChI=1S/C24H27NO5/c1-16-4-5-19(12-17(16)2)29-15-23(27)25-10-8-24(9-11-25)14-21(26)20-13-18(28-3)6-7-22(20)30-24/h4-7,12-13H,8-11,14-15H2,1-3H3. The lowest BCUT2D eigenvalue weighted by molar-refractivity contribution is -0.136. The summed E-state index contributed by atoms with van der Waals surface area (Å²) in [5.41, 5.74) is 2.36. The molecule has 30 heavy (non-hydrogen) atoms. The fourth-order valence-corrected chi connectivity index (χ4v) is 4.08. The number of fused-ring (bicyclic) bond motifs is 1. The number of aryl methyl sites for hydroxylation is 2. The molecule has 0 N–H and O–H groups in total. The third kappa shape index (κ3) is 3.99. The fraction of sp³-hybridized carbons (Fsp3) is 0.417. The van der Waals surface area contributed by atoms with Crippen LogP contribution in [0.5, 0.6) is 17.2 Å². The molecule has 0 atom stereocenters. The lowest BCUT2D eigenvalue weighted by Crippen LogP contribution is -2.53. The van der Waals surface area contributed by atoms with Gasteiger partial charge in [0.25, 0.3) is 5.91 Å². The van der Waals surface area contributed by atoms with Crippen molar-refractivity contribution in [3.05, 3.63) is 53.1 Å². The maximum atomic E-state index is 12.7. The van der Waals surface area contributed by atoms with E-state index in [0.717, 1.165) is 5.56 Å². The van der Waals surface area contributed by atoms with E-state index < -0.39 is 5.60 Å². The first-order valence-corrected chi connectivity index (χ1v) is 10.3. The highest BCUT2D eigenvalue weighted by molar-refractivity contribution is 6.00. The summed E-state index contributed by atoms with van der Waals surface area (Å²) in [6, 6.07) is 11.1. The molecule has 0 saturated carbocycles. The van der Waals surface area contributed by atoms with E-state index in [4.69, 9.17) is 14.2 Å². The summed E-state index contributed by atoms with van der Waals surface area (Å²) in [6.45, 7) is 5.17. The zero-order chi connectivity index (χ0) is 21.3. The molecule has 1 amide bonds. The molecular weight excluding hydrogens is 382 g/mol. The number of nitrogens with zero attached hydrogens (tertiary/aromatic N) is 1. The summed E-state index contributed by atoms with van der Waals surface area (Å²) < 4.78 is 17.2. The van der Waals surface area contributed by atoms with Gasteiger partial charge in [0.05, 0.1) is 19.1 Å². The minimum Gasteiger partial charge on any atom is -0.497 e. The molecule has 1 spiro atoms. The van der Waals surface area contributed by atoms with E-state index in [1.807, 2.05) is 32.0 Å². The van der Waals surface area contributed by atoms with Crippen LogP contribution in [0.4, 0.5) is 0 Å². The number of hydrogen-bond acceptors (Lipinski definition) is 5. The number of piperidine rings is 1. The number of amides is 1. The van der Waals surface area contributed by atoms with Crippen LogP contribution < -0.4 is 14.2 Å². The minimum absolute atomic E-state index is 0.0118. The van der Waals surface area contributed by atoms with Crippen LogP contribution >= 0.6 is 0 Å². The van der Waals surface area contributed by atoms with Gasteiger partial charge < -0.3 is 19.1 Å². The Kier molecular flexibility index (Phi) is 5.41. The molecule has 1 saturated heterocycles. The number of likely N-dealkylation sites (tertiary alicyclic amines) is 1. The first-order chi connectivity index (χ1) is 14.4. The predicted octanol–water partition coefficient (Wildman–Crippen LogP) is 3.72. The van der Waals surface area contributed by atoms with Crippen LogP contribution in [0.3, 0.4) is 0 Å². The average molecular weight is 409 g/mol. The quantitative estimate of drug-likeness (QED) is 0.770. The van der Waals surface area contributed by atoms with Crippen molar-refractivity contribution in [1.29, 1.82) is 0 Å². The highest BCUT2D eigenvalue weighted by Gasteiger charge is 2.43. The number of rotatable bonds is 4. The number of hydrogen-bond donors (Lipinski definition) is 0. The average Bonchev–Trinajstić information content (AvgIpc) is 2.74. The zero-order valence-electron chi connectivity index (χ0n) is 17.7. The van der Waals surface area contributed by atoms with Gasteiger partial charge >= 0.3 is 0 Å². The number of Topliss-reactive ketones (excluding diaryl/α,β-unsaturated/α-hetero) is 1. The number of carbonyl (C=O) groups is 2. The van der Waals surface area contributed by atoms with Gasteiger partial charge in [0, 0.05) is 25.9 Å². The Bertz CT molecular complexity index is 976. The van der Waals surface area contributed by atoms with Crippen LogP contribution in [0.1, 0.15) is 40.7 Å². The minimum atomic E-state index is -0.537. The van der Waals surface area contributed by atoms with Gasteiger partial charge in [-0.05, 0) is 55.3 Å². The van der Waals surface area contributed by atoms with Gasteiger partial charge in [-0.1, -0.05) is 6.07 Å². The third-order valence-electron chi connectivity index (χ3n) is 6.16. The van der Waals surface area contributed by atoms with E-state index in [9.17, 15) is 9.59 Å². The SMILES string of the molecule is COc1ccc2c(c1)C(=O)CC1(CCN(C(=O)COc3ccc(C)c(C)c3)CC1)O2. The number of ether oxygens (including phenoxy) is 3. The van der Waals surface area contributed by atoms with E-state index >= 15 is 0 Å². The molecule has 0 aliphatic carbocycles. The molecule has 0 aromatic heterocycles. The van der Waals surface area contributed by atoms with Crippen molar-refractivity contribution in [3.8, 4) is 17.2 Å². The highest BCUT2D eigenvalue weighted by atomic mass is 16.5. The maximum absolute atomic E-state index is 12.7. The van der Waals surface area contributed by atoms with Gasteiger partial charge in [0.2, 0.25) is 0 Å². The predicted molar refractivity (Wildman–Crippen MR) is 113 cm³/mol. The molecule has 158 valence electrons. The smallest absolute Gasteiger partial charge is 0.260 e. The van der Waals surface area contributed by atoms with Crippen LogP contribution in [0, 0.1) is 13.8 Å². The fourth-order valence-electron chi connectivity index (χ4n) is 4.08. The Morgan fingerprint density at radius 1 is 1.07 bits per heavy atom. The molecular formula is C24H27NO5. The summed E-state index contributed by atoms with van der Waals surface area (Å²) in [4.78, 5) is 27.1. The van der Waals surface area contributed by atoms with Crippen LogP contribution in [0.25, 0.3) is 0 Å². The summed E-state index contributed by atoms with van der Waals surface area (Å²) in [6.07, 6.45) is 1.58. The second-order valence-electron chi connectivity index (χ2n) is 8.16. The van der Waals surface area contributed by atoms with Gasteiger partial charge in [0.1, 0.15) is 22.8 Å². The lowest BCUT2D eigenvalue weighted by Gasteiger charge is -2.43. The Hall–Kier alpha value is -3.02. The van der Waals surface area contributed by atoms with Crippen LogP contribution in [-0.2, 0) is 4.79 Å². The molecule has 2 aromatic rings. The van der Waals surface area contributed by atoms with Crippen molar-refractivity contribution in [3.63, 3.8) is 0 Å². The molecule has 2 aromatic carbocycles. The van der Waals surface area contributed by atoms with E-state index in [0.29, 0.717) is 55.2 Å². The van der Waals surface area contributed by atoms with Crippen LogP contribution in [0.2, 0.25) is 0 Å². The molecule has 0 radical (unpaired) electrons. The molecule has 4 rings (SSSR count). The van der Waals surface area contributed by atoms with Gasteiger partial charge in [0.15, 0.2) is 12.4 Å². The van der Waals surface area contributed by atoms with Gasteiger partial charge in [-0.15, -0.1) is 0 Å². The molecule has 6 heteroatoms.